The second-order valence-corrected chi connectivity index (χ2v) is 8.73. The predicted octanol–water partition coefficient (Wildman–Crippen LogP) is 4.46. The first-order chi connectivity index (χ1) is 18.0. The summed E-state index contributed by atoms with van der Waals surface area (Å²) in [7, 11) is 0. The number of halogens is 1. The third-order valence-electron chi connectivity index (χ3n) is 6.05. The summed E-state index contributed by atoms with van der Waals surface area (Å²) in [6.07, 6.45) is 0.225. The van der Waals surface area contributed by atoms with E-state index in [0.717, 1.165) is 16.7 Å². The molecule has 0 aliphatic heterocycles. The maximum absolute atomic E-state index is 13.2. The van der Waals surface area contributed by atoms with Crippen LogP contribution in [0, 0.1) is 0 Å². The molecule has 2 amide bonds. The van der Waals surface area contributed by atoms with E-state index in [1.54, 1.807) is 54.6 Å². The van der Waals surface area contributed by atoms with Gasteiger partial charge in [-0.25, -0.2) is 0 Å². The molecule has 4 rings (SSSR count). The van der Waals surface area contributed by atoms with Crippen LogP contribution in [0.25, 0.3) is 0 Å². The van der Waals surface area contributed by atoms with Crippen LogP contribution in [0.1, 0.15) is 43.0 Å². The maximum atomic E-state index is 13.2. The molecule has 0 aliphatic carbocycles. The van der Waals surface area contributed by atoms with E-state index in [9.17, 15) is 14.4 Å². The summed E-state index contributed by atoms with van der Waals surface area (Å²) in [6, 6.07) is 31.9. The molecular formula is C31H30ClN3O3. The standard InChI is InChI=1S/C31H29N3O3.ClH/c32-20-22-14-16-26(17-15-22)30(36)34-28(31(37)33-21-23-8-3-1-4-9-23)19-24-10-7-13-27(18-24)29(35)25-11-5-2-6-12-25;/h1-18,28H,19-21,32H2,(H,33,37)(H,34,36);1H. The normalized spacial score (nSPS) is 11.1. The number of hydrogen-bond donors (Lipinski definition) is 3. The van der Waals surface area contributed by atoms with Crippen molar-refractivity contribution in [3.63, 3.8) is 0 Å². The van der Waals surface area contributed by atoms with E-state index >= 15 is 0 Å². The van der Waals surface area contributed by atoms with Gasteiger partial charge in [0.1, 0.15) is 6.04 Å². The minimum Gasteiger partial charge on any atom is -0.350 e. The van der Waals surface area contributed by atoms with Gasteiger partial charge in [-0.1, -0.05) is 91.0 Å². The topological polar surface area (TPSA) is 101 Å². The number of carbonyl (C=O) groups excluding carboxylic acids is 3. The van der Waals surface area contributed by atoms with Gasteiger partial charge in [-0.3, -0.25) is 14.4 Å². The zero-order valence-electron chi connectivity index (χ0n) is 20.8. The van der Waals surface area contributed by atoms with Gasteiger partial charge in [-0.15, -0.1) is 12.4 Å². The Labute approximate surface area is 228 Å². The highest BCUT2D eigenvalue weighted by molar-refractivity contribution is 6.09. The van der Waals surface area contributed by atoms with Crippen LogP contribution in [-0.2, 0) is 24.3 Å². The summed E-state index contributed by atoms with van der Waals surface area (Å²) in [4.78, 5) is 39.2. The Morgan fingerprint density at radius 3 is 1.92 bits per heavy atom. The van der Waals surface area contributed by atoms with Crippen LogP contribution in [0.15, 0.2) is 109 Å². The summed E-state index contributed by atoms with van der Waals surface area (Å²) in [5.74, 6) is -0.771. The molecule has 6 nitrogen and oxygen atoms in total. The zero-order valence-corrected chi connectivity index (χ0v) is 21.6. The second kappa shape index (κ2) is 13.9. The molecule has 0 aromatic heterocycles. The molecule has 4 aromatic rings. The largest absolute Gasteiger partial charge is 0.350 e. The molecule has 0 aliphatic rings. The second-order valence-electron chi connectivity index (χ2n) is 8.73. The van der Waals surface area contributed by atoms with E-state index in [1.807, 2.05) is 54.6 Å². The average molecular weight is 528 g/mol. The number of carbonyl (C=O) groups is 3. The van der Waals surface area contributed by atoms with Gasteiger partial charge in [0.2, 0.25) is 5.91 Å². The first-order valence-corrected chi connectivity index (χ1v) is 12.1. The number of hydrogen-bond acceptors (Lipinski definition) is 4. The predicted molar refractivity (Wildman–Crippen MR) is 151 cm³/mol. The lowest BCUT2D eigenvalue weighted by Crippen LogP contribution is -2.47. The highest BCUT2D eigenvalue weighted by Crippen LogP contribution is 2.14. The SMILES string of the molecule is Cl.NCc1ccc(C(=O)NC(Cc2cccc(C(=O)c3ccccc3)c2)C(=O)NCc2ccccc2)cc1. The molecule has 4 aromatic carbocycles. The molecule has 0 heterocycles. The quantitative estimate of drug-likeness (QED) is 0.265. The molecule has 0 radical (unpaired) electrons. The van der Waals surface area contributed by atoms with Gasteiger partial charge in [-0.05, 0) is 34.9 Å². The Bertz CT molecular complexity index is 1360. The fourth-order valence-corrected chi connectivity index (χ4v) is 3.98. The fraction of sp³-hybridized carbons (Fsp3) is 0.129. The van der Waals surface area contributed by atoms with Crippen LogP contribution >= 0.6 is 12.4 Å². The lowest BCUT2D eigenvalue weighted by atomic mass is 9.98. The number of rotatable bonds is 10. The lowest BCUT2D eigenvalue weighted by Gasteiger charge is -2.19. The van der Waals surface area contributed by atoms with Gasteiger partial charge in [0.05, 0.1) is 0 Å². The van der Waals surface area contributed by atoms with E-state index in [1.165, 1.54) is 0 Å². The Morgan fingerprint density at radius 2 is 1.26 bits per heavy atom. The molecule has 194 valence electrons. The molecule has 4 N–H and O–H groups in total. The van der Waals surface area contributed by atoms with Crippen LogP contribution < -0.4 is 16.4 Å². The Morgan fingerprint density at radius 1 is 0.658 bits per heavy atom. The van der Waals surface area contributed by atoms with Crippen LogP contribution in [-0.4, -0.2) is 23.6 Å². The Balaban J connectivity index is 0.00000400. The van der Waals surface area contributed by atoms with Crippen LogP contribution in [0.4, 0.5) is 0 Å². The average Bonchev–Trinajstić information content (AvgIpc) is 2.96. The minimum absolute atomic E-state index is 0. The molecule has 0 fully saturated rings. The number of nitrogens with two attached hydrogens (primary N) is 1. The Hall–Kier alpha value is -4.26. The molecule has 1 unspecified atom stereocenters. The van der Waals surface area contributed by atoms with Crippen molar-refractivity contribution in [2.24, 2.45) is 5.73 Å². The van der Waals surface area contributed by atoms with E-state index in [2.05, 4.69) is 10.6 Å². The molecular weight excluding hydrogens is 498 g/mol. The summed E-state index contributed by atoms with van der Waals surface area (Å²) in [6.45, 7) is 0.716. The number of amides is 2. The van der Waals surface area contributed by atoms with Crippen LogP contribution in [0.2, 0.25) is 0 Å². The van der Waals surface area contributed by atoms with Gasteiger partial charge >= 0.3 is 0 Å². The summed E-state index contributed by atoms with van der Waals surface area (Å²) < 4.78 is 0. The number of nitrogens with one attached hydrogen (secondary N) is 2. The van der Waals surface area contributed by atoms with E-state index in [-0.39, 0.29) is 36.4 Å². The minimum atomic E-state index is -0.840. The summed E-state index contributed by atoms with van der Waals surface area (Å²) in [5.41, 5.74) is 9.83. The molecule has 0 saturated carbocycles. The van der Waals surface area contributed by atoms with Gasteiger partial charge in [-0.2, -0.15) is 0 Å². The van der Waals surface area contributed by atoms with Crippen molar-refractivity contribution in [3.05, 3.63) is 143 Å². The van der Waals surface area contributed by atoms with Crippen molar-refractivity contribution in [1.82, 2.24) is 10.6 Å². The first-order valence-electron chi connectivity index (χ1n) is 12.1. The molecule has 7 heteroatoms. The van der Waals surface area contributed by atoms with Crippen molar-refractivity contribution in [1.29, 1.82) is 0 Å². The molecule has 0 saturated heterocycles. The maximum Gasteiger partial charge on any atom is 0.251 e. The molecule has 0 spiro atoms. The van der Waals surface area contributed by atoms with E-state index in [4.69, 9.17) is 5.73 Å². The monoisotopic (exact) mass is 527 g/mol. The van der Waals surface area contributed by atoms with E-state index in [0.29, 0.717) is 29.8 Å². The smallest absolute Gasteiger partial charge is 0.251 e. The van der Waals surface area contributed by atoms with Gasteiger partial charge in [0.25, 0.3) is 5.91 Å². The van der Waals surface area contributed by atoms with Crippen molar-refractivity contribution in [2.75, 3.05) is 0 Å². The van der Waals surface area contributed by atoms with Crippen molar-refractivity contribution in [3.8, 4) is 0 Å². The van der Waals surface area contributed by atoms with Crippen molar-refractivity contribution >= 4 is 30.0 Å². The van der Waals surface area contributed by atoms with Gasteiger partial charge in [0, 0.05) is 36.2 Å². The number of benzene rings is 4. The fourth-order valence-electron chi connectivity index (χ4n) is 3.98. The molecule has 0 bridgehead atoms. The van der Waals surface area contributed by atoms with E-state index < -0.39 is 6.04 Å². The Kier molecular flexibility index (Phi) is 10.3. The first kappa shape index (κ1) is 28.3. The highest BCUT2D eigenvalue weighted by Gasteiger charge is 2.22. The third kappa shape index (κ3) is 7.62. The molecule has 38 heavy (non-hydrogen) atoms. The van der Waals surface area contributed by atoms with Crippen LogP contribution in [0.3, 0.4) is 0 Å². The van der Waals surface area contributed by atoms with Crippen molar-refractivity contribution < 1.29 is 14.4 Å². The zero-order chi connectivity index (χ0) is 26.0. The van der Waals surface area contributed by atoms with Crippen LogP contribution in [0.5, 0.6) is 0 Å². The van der Waals surface area contributed by atoms with Crippen molar-refractivity contribution in [2.45, 2.75) is 25.6 Å². The summed E-state index contributed by atoms with van der Waals surface area (Å²) >= 11 is 0. The molecule has 1 atom stereocenters. The third-order valence-corrected chi connectivity index (χ3v) is 6.05. The number of ketones is 1. The van der Waals surface area contributed by atoms with Gasteiger partial charge < -0.3 is 16.4 Å². The summed E-state index contributed by atoms with van der Waals surface area (Å²) in [5, 5.41) is 5.79. The highest BCUT2D eigenvalue weighted by atomic mass is 35.5. The van der Waals surface area contributed by atoms with Gasteiger partial charge in [0.15, 0.2) is 5.78 Å². The lowest BCUT2D eigenvalue weighted by molar-refractivity contribution is -0.123.